The van der Waals surface area contributed by atoms with Crippen LogP contribution in [0, 0.1) is 23.6 Å². The lowest BCUT2D eigenvalue weighted by molar-refractivity contribution is -0.153. The molecule has 0 aliphatic heterocycles. The molecule has 4 atom stereocenters. The first-order chi connectivity index (χ1) is 19.2. The van der Waals surface area contributed by atoms with Crippen molar-refractivity contribution in [2.75, 3.05) is 25.5 Å². The molecular weight excluding hydrogens is 539 g/mol. The summed E-state index contributed by atoms with van der Waals surface area (Å²) in [5.74, 6) is -9.82. The zero-order valence-electron chi connectivity index (χ0n) is 22.8. The number of halogens is 1. The summed E-state index contributed by atoms with van der Waals surface area (Å²) in [4.78, 5) is 52.8. The summed E-state index contributed by atoms with van der Waals surface area (Å²) in [7, 11) is 1.42. The molecule has 0 unspecified atom stereocenters. The highest BCUT2D eigenvalue weighted by atomic mass is 19.1. The normalized spacial score (nSPS) is 25.5. The Balaban J connectivity index is 1.82. The molecule has 13 heteroatoms. The number of carbonyl (C=O) groups is 4. The van der Waals surface area contributed by atoms with Gasteiger partial charge in [-0.15, -0.1) is 0 Å². The monoisotopic (exact) mass is 572 g/mol. The minimum atomic E-state index is -2.85. The molecule has 3 aliphatic rings. The summed E-state index contributed by atoms with van der Waals surface area (Å²) in [5, 5.41) is 50.1. The van der Waals surface area contributed by atoms with E-state index in [4.69, 9.17) is 5.73 Å². The van der Waals surface area contributed by atoms with Gasteiger partial charge < -0.3 is 41.7 Å². The Kier molecular flexibility index (Phi) is 7.71. The summed E-state index contributed by atoms with van der Waals surface area (Å²) < 4.78 is 15.4. The highest BCUT2D eigenvalue weighted by Crippen LogP contribution is 2.53. The molecule has 220 valence electrons. The number of hydrogen-bond donors (Lipinski definition) is 7. The van der Waals surface area contributed by atoms with E-state index in [1.807, 2.05) is 13.8 Å². The molecule has 2 amide bonds. The Labute approximate surface area is 235 Å². The number of carbonyl (C=O) groups excluding carboxylic acids is 4. The topological polar surface area (TPSA) is 203 Å². The van der Waals surface area contributed by atoms with Gasteiger partial charge in [0.2, 0.25) is 11.7 Å². The third kappa shape index (κ3) is 4.64. The van der Waals surface area contributed by atoms with Gasteiger partial charge in [0.1, 0.15) is 22.9 Å². The third-order valence-electron chi connectivity index (χ3n) is 7.95. The standard InChI is InChI=1S/C28H33FN4O8/c1-5-33(4)21-14-7-12-6-13-15(29)8-16(32-17(34)10-31-9-11(2)3)22(35)19(13)23(36)18(12)25(38)28(14,41)26(39)20(24(21)37)27(30)40/h5,8,11-12,14,21,31,35-36,39,41H,1,6-7,9-10H2,2-4H3,(H2,30,40)(H,32,34)/t12-,14-,21-,28-/m0/s1. The number of aliphatic hydroxyl groups excluding tert-OH is 2. The fourth-order valence-electron chi connectivity index (χ4n) is 6.02. The number of hydrogen-bond acceptors (Lipinski definition) is 10. The number of benzene rings is 1. The molecule has 8 N–H and O–H groups in total. The average molecular weight is 573 g/mol. The first-order valence-corrected chi connectivity index (χ1v) is 13.0. The van der Waals surface area contributed by atoms with Crippen LogP contribution < -0.4 is 16.4 Å². The number of aromatic hydroxyl groups is 1. The summed E-state index contributed by atoms with van der Waals surface area (Å²) >= 11 is 0. The van der Waals surface area contributed by atoms with Gasteiger partial charge in [-0.05, 0) is 37.4 Å². The van der Waals surface area contributed by atoms with Gasteiger partial charge in [0.05, 0.1) is 23.8 Å². The van der Waals surface area contributed by atoms with Crippen LogP contribution >= 0.6 is 0 Å². The Hall–Kier alpha value is -4.23. The molecule has 4 rings (SSSR count). The lowest BCUT2D eigenvalue weighted by atomic mass is 9.57. The third-order valence-corrected chi connectivity index (χ3v) is 7.95. The number of amides is 2. The number of nitrogens with one attached hydrogen (secondary N) is 2. The number of phenols is 1. The number of rotatable bonds is 8. The molecular formula is C28H33FN4O8. The molecule has 1 saturated carbocycles. The van der Waals surface area contributed by atoms with Crippen LogP contribution in [0.5, 0.6) is 5.75 Å². The number of aliphatic hydroxyl groups is 3. The molecule has 0 saturated heterocycles. The second-order valence-corrected chi connectivity index (χ2v) is 11.0. The molecule has 0 aromatic heterocycles. The predicted molar refractivity (Wildman–Crippen MR) is 145 cm³/mol. The van der Waals surface area contributed by atoms with Crippen LogP contribution in [0.25, 0.3) is 5.76 Å². The van der Waals surface area contributed by atoms with E-state index in [1.165, 1.54) is 18.1 Å². The summed E-state index contributed by atoms with van der Waals surface area (Å²) in [6.07, 6.45) is 0.813. The zero-order valence-corrected chi connectivity index (χ0v) is 22.8. The summed E-state index contributed by atoms with van der Waals surface area (Å²) in [5.41, 5.74) is 0.128. The maximum Gasteiger partial charge on any atom is 0.255 e. The van der Waals surface area contributed by atoms with Crippen molar-refractivity contribution in [1.82, 2.24) is 10.2 Å². The van der Waals surface area contributed by atoms with Crippen LogP contribution in [0.4, 0.5) is 10.1 Å². The largest absolute Gasteiger partial charge is 0.508 e. The molecule has 41 heavy (non-hydrogen) atoms. The fourth-order valence-corrected chi connectivity index (χ4v) is 6.02. The number of likely N-dealkylation sites (N-methyl/N-ethyl adjacent to an activating group) is 1. The molecule has 0 radical (unpaired) electrons. The second kappa shape index (κ2) is 10.6. The first kappa shape index (κ1) is 29.7. The smallest absolute Gasteiger partial charge is 0.255 e. The van der Waals surface area contributed by atoms with Crippen molar-refractivity contribution in [3.63, 3.8) is 0 Å². The van der Waals surface area contributed by atoms with Gasteiger partial charge in [-0.2, -0.15) is 0 Å². The molecule has 1 aromatic carbocycles. The minimum absolute atomic E-state index is 0.134. The van der Waals surface area contributed by atoms with E-state index in [0.717, 1.165) is 6.07 Å². The number of nitrogens with two attached hydrogens (primary N) is 1. The second-order valence-electron chi connectivity index (χ2n) is 11.0. The molecule has 0 bridgehead atoms. The van der Waals surface area contributed by atoms with Crippen molar-refractivity contribution < 1.29 is 44.0 Å². The molecule has 0 heterocycles. The van der Waals surface area contributed by atoms with Gasteiger partial charge in [-0.1, -0.05) is 20.4 Å². The number of phenolic OH excluding ortho intramolecular Hbond substituents is 1. The van der Waals surface area contributed by atoms with Gasteiger partial charge in [0.15, 0.2) is 17.1 Å². The number of anilines is 1. The van der Waals surface area contributed by atoms with Gasteiger partial charge in [-0.25, -0.2) is 4.39 Å². The van der Waals surface area contributed by atoms with Crippen molar-refractivity contribution in [3.8, 4) is 5.75 Å². The Morgan fingerprint density at radius 3 is 2.54 bits per heavy atom. The Morgan fingerprint density at radius 1 is 1.29 bits per heavy atom. The fraction of sp³-hybridized carbons (Fsp3) is 0.429. The number of primary amides is 1. The van der Waals surface area contributed by atoms with Crippen molar-refractivity contribution in [3.05, 3.63) is 52.7 Å². The van der Waals surface area contributed by atoms with E-state index < -0.39 is 86.7 Å². The lowest BCUT2D eigenvalue weighted by Crippen LogP contribution is -2.65. The van der Waals surface area contributed by atoms with E-state index >= 15 is 4.39 Å². The quantitative estimate of drug-likeness (QED) is 0.172. The lowest BCUT2D eigenvalue weighted by Gasteiger charge is -2.50. The average Bonchev–Trinajstić information content (AvgIpc) is 2.88. The van der Waals surface area contributed by atoms with Crippen LogP contribution in [0.3, 0.4) is 0 Å². The highest BCUT2D eigenvalue weighted by Gasteiger charge is 2.64. The summed E-state index contributed by atoms with van der Waals surface area (Å²) in [6.45, 7) is 7.87. The maximum atomic E-state index is 15.4. The van der Waals surface area contributed by atoms with Crippen LogP contribution in [-0.4, -0.2) is 80.5 Å². The van der Waals surface area contributed by atoms with E-state index in [0.29, 0.717) is 6.54 Å². The Bertz CT molecular complexity index is 1430. The van der Waals surface area contributed by atoms with Crippen molar-refractivity contribution >= 4 is 34.8 Å². The number of nitrogens with zero attached hydrogens (tertiary/aromatic N) is 1. The van der Waals surface area contributed by atoms with E-state index in [1.54, 1.807) is 0 Å². The van der Waals surface area contributed by atoms with Crippen LogP contribution in [0.15, 0.2) is 35.8 Å². The molecule has 0 spiro atoms. The van der Waals surface area contributed by atoms with Crippen LogP contribution in [0.1, 0.15) is 31.4 Å². The maximum absolute atomic E-state index is 15.4. The minimum Gasteiger partial charge on any atom is -0.508 e. The van der Waals surface area contributed by atoms with Gasteiger partial charge >= 0.3 is 0 Å². The van der Waals surface area contributed by atoms with Gasteiger partial charge in [0, 0.05) is 30.2 Å². The van der Waals surface area contributed by atoms with Crippen LogP contribution in [-0.2, 0) is 25.6 Å². The van der Waals surface area contributed by atoms with E-state index in [9.17, 15) is 39.6 Å². The number of ketones is 2. The summed E-state index contributed by atoms with van der Waals surface area (Å²) in [6, 6.07) is -0.440. The predicted octanol–water partition coefficient (Wildman–Crippen LogP) is 0.801. The first-order valence-electron chi connectivity index (χ1n) is 13.0. The molecule has 1 fully saturated rings. The number of Topliss-reactive ketones (excluding diaryl/α,β-unsaturated/α-hetero) is 2. The number of fused-ring (bicyclic) bond motifs is 3. The van der Waals surface area contributed by atoms with Gasteiger partial charge in [-0.3, -0.25) is 19.2 Å². The van der Waals surface area contributed by atoms with Crippen molar-refractivity contribution in [2.45, 2.75) is 38.3 Å². The van der Waals surface area contributed by atoms with E-state index in [-0.39, 0.29) is 36.6 Å². The van der Waals surface area contributed by atoms with Crippen molar-refractivity contribution in [1.29, 1.82) is 0 Å². The molecule has 12 nitrogen and oxygen atoms in total. The molecule has 3 aliphatic carbocycles. The Morgan fingerprint density at radius 2 is 1.95 bits per heavy atom. The van der Waals surface area contributed by atoms with E-state index in [2.05, 4.69) is 17.2 Å². The van der Waals surface area contributed by atoms with Gasteiger partial charge in [0.25, 0.3) is 5.91 Å². The SMILES string of the molecule is C=CN(C)[C@@H]1C(=O)C(C(N)=O)=C(O)[C@@]2(O)C(=O)C3=C(O)c4c(O)c(NC(=O)CNCC(C)C)cc(F)c4C[C@H]3C[C@@H]12. The van der Waals surface area contributed by atoms with Crippen molar-refractivity contribution in [2.24, 2.45) is 23.5 Å². The highest BCUT2D eigenvalue weighted by molar-refractivity contribution is 6.24. The van der Waals surface area contributed by atoms with Crippen LogP contribution in [0.2, 0.25) is 0 Å². The zero-order chi connectivity index (χ0) is 30.5. The molecule has 1 aromatic rings.